The van der Waals surface area contributed by atoms with Crippen LogP contribution in [0.2, 0.25) is 0 Å². The highest BCUT2D eigenvalue weighted by Gasteiger charge is 2.11. The number of carboxylic acid groups (broad SMARTS) is 1. The predicted octanol–water partition coefficient (Wildman–Crippen LogP) is 2.74. The first-order valence-corrected chi connectivity index (χ1v) is 6.49. The van der Waals surface area contributed by atoms with Gasteiger partial charge in [0.2, 0.25) is 5.91 Å². The zero-order valence-electron chi connectivity index (χ0n) is 11.6. The molecule has 0 aromatic heterocycles. The Morgan fingerprint density at radius 1 is 1.05 bits per heavy atom. The van der Waals surface area contributed by atoms with Crippen LogP contribution in [0.25, 0.3) is 0 Å². The van der Waals surface area contributed by atoms with Crippen molar-refractivity contribution in [3.63, 3.8) is 0 Å². The van der Waals surface area contributed by atoms with Crippen molar-refractivity contribution < 1.29 is 14.7 Å². The van der Waals surface area contributed by atoms with Crippen molar-refractivity contribution in [3.05, 3.63) is 59.7 Å². The summed E-state index contributed by atoms with van der Waals surface area (Å²) in [5, 5.41) is 14.8. The van der Waals surface area contributed by atoms with E-state index in [9.17, 15) is 9.59 Å². The average Bonchev–Trinajstić information content (AvgIpc) is 2.48. The third-order valence-corrected chi connectivity index (χ3v) is 3.07. The number of rotatable bonds is 5. The molecule has 0 heterocycles. The number of carboxylic acids is 1. The predicted molar refractivity (Wildman–Crippen MR) is 81.7 cm³/mol. The number of nitrogens with one attached hydrogen (secondary N) is 2. The van der Waals surface area contributed by atoms with Crippen LogP contribution in [0.3, 0.4) is 0 Å². The first-order chi connectivity index (χ1) is 10.1. The lowest BCUT2D eigenvalue weighted by Crippen LogP contribution is -2.22. The molecule has 0 aliphatic carbocycles. The molecular weight excluding hydrogens is 268 g/mol. The molecule has 5 nitrogen and oxygen atoms in total. The number of aromatic carboxylic acids is 1. The first kappa shape index (κ1) is 14.6. The van der Waals surface area contributed by atoms with Gasteiger partial charge in [-0.15, -0.1) is 0 Å². The fourth-order valence-electron chi connectivity index (χ4n) is 1.94. The number of benzene rings is 2. The standard InChI is InChI=1S/C16H16N2O3/c1-11-13(16(20)21)8-5-9-14(11)18-15(19)10-17-12-6-3-2-4-7-12/h2-9,17H,10H2,1H3,(H,18,19)(H,20,21). The lowest BCUT2D eigenvalue weighted by molar-refractivity contribution is -0.114. The maximum atomic E-state index is 11.9. The Morgan fingerprint density at radius 2 is 1.76 bits per heavy atom. The molecule has 0 unspecified atom stereocenters. The van der Waals surface area contributed by atoms with Gasteiger partial charge in [0, 0.05) is 11.4 Å². The molecule has 0 bridgehead atoms. The fraction of sp³-hybridized carbons (Fsp3) is 0.125. The Morgan fingerprint density at radius 3 is 2.43 bits per heavy atom. The molecule has 0 saturated heterocycles. The molecule has 2 aromatic carbocycles. The highest BCUT2D eigenvalue weighted by Crippen LogP contribution is 2.18. The topological polar surface area (TPSA) is 78.4 Å². The van der Waals surface area contributed by atoms with Crippen LogP contribution in [-0.2, 0) is 4.79 Å². The Kier molecular flexibility index (Phi) is 4.56. The van der Waals surface area contributed by atoms with E-state index in [-0.39, 0.29) is 18.0 Å². The second-order valence-corrected chi connectivity index (χ2v) is 4.55. The SMILES string of the molecule is Cc1c(NC(=O)CNc2ccccc2)cccc1C(=O)O. The lowest BCUT2D eigenvalue weighted by atomic mass is 10.1. The van der Waals surface area contributed by atoms with Gasteiger partial charge in [-0.2, -0.15) is 0 Å². The normalized spacial score (nSPS) is 9.95. The minimum Gasteiger partial charge on any atom is -0.478 e. The number of carbonyl (C=O) groups is 2. The number of hydrogen-bond donors (Lipinski definition) is 3. The summed E-state index contributed by atoms with van der Waals surface area (Å²) in [7, 11) is 0. The molecule has 0 radical (unpaired) electrons. The molecule has 5 heteroatoms. The van der Waals surface area contributed by atoms with Crippen LogP contribution in [0, 0.1) is 6.92 Å². The van der Waals surface area contributed by atoms with E-state index >= 15 is 0 Å². The van der Waals surface area contributed by atoms with Crippen LogP contribution in [0.15, 0.2) is 48.5 Å². The van der Waals surface area contributed by atoms with Crippen LogP contribution in [0.1, 0.15) is 15.9 Å². The van der Waals surface area contributed by atoms with E-state index in [0.717, 1.165) is 5.69 Å². The van der Waals surface area contributed by atoms with Crippen molar-refractivity contribution in [1.82, 2.24) is 0 Å². The van der Waals surface area contributed by atoms with E-state index in [0.29, 0.717) is 11.3 Å². The van der Waals surface area contributed by atoms with Crippen molar-refractivity contribution in [2.75, 3.05) is 17.2 Å². The Bertz CT molecular complexity index is 654. The minimum atomic E-state index is -1.01. The van der Waals surface area contributed by atoms with Crippen LogP contribution >= 0.6 is 0 Å². The van der Waals surface area contributed by atoms with Crippen LogP contribution in [0.4, 0.5) is 11.4 Å². The van der Waals surface area contributed by atoms with Gasteiger partial charge in [-0.1, -0.05) is 24.3 Å². The third kappa shape index (κ3) is 3.82. The second kappa shape index (κ2) is 6.56. The summed E-state index contributed by atoms with van der Waals surface area (Å²) in [5.41, 5.74) is 2.08. The maximum absolute atomic E-state index is 11.9. The zero-order valence-corrected chi connectivity index (χ0v) is 11.6. The van der Waals surface area contributed by atoms with Gasteiger partial charge in [-0.3, -0.25) is 4.79 Å². The summed E-state index contributed by atoms with van der Waals surface area (Å²) in [6, 6.07) is 14.2. The zero-order chi connectivity index (χ0) is 15.2. The van der Waals surface area contributed by atoms with Gasteiger partial charge in [0.05, 0.1) is 12.1 Å². The van der Waals surface area contributed by atoms with Crippen molar-refractivity contribution in [3.8, 4) is 0 Å². The number of carbonyl (C=O) groups excluding carboxylic acids is 1. The quantitative estimate of drug-likeness (QED) is 0.789. The minimum absolute atomic E-state index is 0.112. The molecule has 0 aliphatic rings. The number of anilines is 2. The Balaban J connectivity index is 2.00. The monoisotopic (exact) mass is 284 g/mol. The molecule has 3 N–H and O–H groups in total. The van der Waals surface area contributed by atoms with Gasteiger partial charge < -0.3 is 15.7 Å². The van der Waals surface area contributed by atoms with Gasteiger partial charge >= 0.3 is 5.97 Å². The average molecular weight is 284 g/mol. The highest BCUT2D eigenvalue weighted by atomic mass is 16.4. The molecule has 21 heavy (non-hydrogen) atoms. The van der Waals surface area contributed by atoms with Gasteiger partial charge in [0.15, 0.2) is 0 Å². The fourth-order valence-corrected chi connectivity index (χ4v) is 1.94. The molecule has 1 amide bonds. The molecule has 0 saturated carbocycles. The molecule has 0 aliphatic heterocycles. The maximum Gasteiger partial charge on any atom is 0.336 e. The van der Waals surface area contributed by atoms with Gasteiger partial charge in [0.25, 0.3) is 0 Å². The molecule has 0 atom stereocenters. The van der Waals surface area contributed by atoms with Gasteiger partial charge in [-0.05, 0) is 36.8 Å². The van der Waals surface area contributed by atoms with Crippen molar-refractivity contribution >= 4 is 23.3 Å². The lowest BCUT2D eigenvalue weighted by Gasteiger charge is -2.11. The molecular formula is C16H16N2O3. The summed E-state index contributed by atoms with van der Waals surface area (Å²) in [5.74, 6) is -1.24. The third-order valence-electron chi connectivity index (χ3n) is 3.07. The van der Waals surface area contributed by atoms with Crippen LogP contribution in [0.5, 0.6) is 0 Å². The smallest absolute Gasteiger partial charge is 0.336 e. The molecule has 0 fully saturated rings. The van der Waals surface area contributed by atoms with E-state index in [1.807, 2.05) is 30.3 Å². The molecule has 0 spiro atoms. The van der Waals surface area contributed by atoms with Crippen molar-refractivity contribution in [2.24, 2.45) is 0 Å². The highest BCUT2D eigenvalue weighted by molar-refractivity contribution is 5.97. The summed E-state index contributed by atoms with van der Waals surface area (Å²) < 4.78 is 0. The number of hydrogen-bond acceptors (Lipinski definition) is 3. The summed E-state index contributed by atoms with van der Waals surface area (Å²) >= 11 is 0. The van der Waals surface area contributed by atoms with E-state index in [1.165, 1.54) is 6.07 Å². The van der Waals surface area contributed by atoms with E-state index in [4.69, 9.17) is 5.11 Å². The van der Waals surface area contributed by atoms with E-state index in [2.05, 4.69) is 10.6 Å². The number of amides is 1. The first-order valence-electron chi connectivity index (χ1n) is 6.49. The second-order valence-electron chi connectivity index (χ2n) is 4.55. The summed E-state index contributed by atoms with van der Waals surface area (Å²) in [6.45, 7) is 1.78. The van der Waals surface area contributed by atoms with Crippen molar-refractivity contribution in [1.29, 1.82) is 0 Å². The summed E-state index contributed by atoms with van der Waals surface area (Å²) in [4.78, 5) is 22.9. The largest absolute Gasteiger partial charge is 0.478 e. The Labute approximate surface area is 122 Å². The van der Waals surface area contributed by atoms with Crippen LogP contribution < -0.4 is 10.6 Å². The van der Waals surface area contributed by atoms with Gasteiger partial charge in [-0.25, -0.2) is 4.79 Å². The van der Waals surface area contributed by atoms with Crippen LogP contribution in [-0.4, -0.2) is 23.5 Å². The van der Waals surface area contributed by atoms with E-state index in [1.54, 1.807) is 19.1 Å². The van der Waals surface area contributed by atoms with Crippen molar-refractivity contribution in [2.45, 2.75) is 6.92 Å². The molecule has 108 valence electrons. The number of para-hydroxylation sites is 1. The van der Waals surface area contributed by atoms with E-state index < -0.39 is 5.97 Å². The molecule has 2 rings (SSSR count). The molecule has 2 aromatic rings. The Hall–Kier alpha value is -2.82. The summed E-state index contributed by atoms with van der Waals surface area (Å²) in [6.07, 6.45) is 0. The van der Waals surface area contributed by atoms with Gasteiger partial charge in [0.1, 0.15) is 0 Å².